The van der Waals surface area contributed by atoms with Crippen molar-refractivity contribution in [1.29, 1.82) is 0 Å². The third-order valence-electron chi connectivity index (χ3n) is 2.79. The Morgan fingerprint density at radius 3 is 2.55 bits per heavy atom. The molecular weight excluding hydrogens is 303 g/mol. The van der Waals surface area contributed by atoms with Crippen LogP contribution in [0, 0.1) is 6.92 Å². The van der Waals surface area contributed by atoms with Crippen molar-refractivity contribution in [1.82, 2.24) is 19.6 Å². The molecular formula is C12H12F3N5O2. The maximum absolute atomic E-state index is 12.5. The number of hydrogen-bond acceptors (Lipinski definition) is 4. The highest BCUT2D eigenvalue weighted by molar-refractivity contribution is 5.89. The van der Waals surface area contributed by atoms with Gasteiger partial charge in [0.05, 0.1) is 0 Å². The Hall–Kier alpha value is -2.65. The van der Waals surface area contributed by atoms with E-state index in [0.29, 0.717) is 0 Å². The third-order valence-corrected chi connectivity index (χ3v) is 2.79. The summed E-state index contributed by atoms with van der Waals surface area (Å²) in [6, 6.07) is 3.37. The van der Waals surface area contributed by atoms with Crippen LogP contribution in [0.5, 0.6) is 0 Å². The molecule has 0 bridgehead atoms. The summed E-state index contributed by atoms with van der Waals surface area (Å²) >= 11 is 0. The molecule has 10 heteroatoms. The minimum Gasteiger partial charge on any atom is -0.308 e. The number of carbonyl (C=O) groups excluding carboxylic acids is 1. The lowest BCUT2D eigenvalue weighted by Gasteiger charge is -2.07. The molecule has 2 aromatic heterocycles. The number of aryl methyl sites for hydroxylation is 2. The number of halogens is 3. The zero-order chi connectivity index (χ0) is 16.5. The van der Waals surface area contributed by atoms with Crippen molar-refractivity contribution >= 4 is 11.7 Å². The van der Waals surface area contributed by atoms with Gasteiger partial charge in [0.2, 0.25) is 5.91 Å². The summed E-state index contributed by atoms with van der Waals surface area (Å²) in [6.45, 7) is 1.02. The van der Waals surface area contributed by atoms with Gasteiger partial charge in [0.15, 0.2) is 11.5 Å². The molecule has 0 saturated carbocycles. The Bertz CT molecular complexity index is 763. The molecule has 22 heavy (non-hydrogen) atoms. The van der Waals surface area contributed by atoms with Gasteiger partial charge in [-0.2, -0.15) is 23.4 Å². The van der Waals surface area contributed by atoms with E-state index in [-0.39, 0.29) is 17.1 Å². The van der Waals surface area contributed by atoms with Crippen LogP contribution in [0.4, 0.5) is 19.0 Å². The summed E-state index contributed by atoms with van der Waals surface area (Å²) in [5.41, 5.74) is -1.20. The lowest BCUT2D eigenvalue weighted by atomic mass is 10.3. The minimum absolute atomic E-state index is 0.118. The highest BCUT2D eigenvalue weighted by Gasteiger charge is 2.34. The van der Waals surface area contributed by atoms with Crippen LogP contribution in [0.1, 0.15) is 11.4 Å². The lowest BCUT2D eigenvalue weighted by molar-refractivity contribution is -0.141. The van der Waals surface area contributed by atoms with E-state index in [1.54, 1.807) is 0 Å². The molecule has 0 atom stereocenters. The van der Waals surface area contributed by atoms with Gasteiger partial charge in [0.1, 0.15) is 6.54 Å². The minimum atomic E-state index is -4.56. The molecule has 0 aliphatic heterocycles. The molecule has 0 aromatic carbocycles. The average Bonchev–Trinajstić information content (AvgIpc) is 2.75. The summed E-state index contributed by atoms with van der Waals surface area (Å²) in [4.78, 5) is 23.0. The Morgan fingerprint density at radius 2 is 2.00 bits per heavy atom. The van der Waals surface area contributed by atoms with Crippen molar-refractivity contribution in [3.63, 3.8) is 0 Å². The van der Waals surface area contributed by atoms with E-state index < -0.39 is 24.3 Å². The van der Waals surface area contributed by atoms with Gasteiger partial charge < -0.3 is 5.32 Å². The molecule has 2 aromatic rings. The van der Waals surface area contributed by atoms with Gasteiger partial charge in [0, 0.05) is 18.8 Å². The monoisotopic (exact) mass is 315 g/mol. The van der Waals surface area contributed by atoms with Crippen molar-refractivity contribution in [3.05, 3.63) is 39.9 Å². The SMILES string of the molecule is Cc1cc(C(F)(F)F)nn1CC(=O)Nc1ccc(=O)n(C)n1. The number of carbonyl (C=O) groups is 1. The molecule has 2 rings (SSSR count). The third kappa shape index (κ3) is 3.51. The first-order valence-electron chi connectivity index (χ1n) is 6.12. The van der Waals surface area contributed by atoms with Gasteiger partial charge in [0.25, 0.3) is 5.56 Å². The molecule has 0 spiro atoms. The second-order valence-electron chi connectivity index (χ2n) is 4.55. The number of hydrogen-bond donors (Lipinski definition) is 1. The fraction of sp³-hybridized carbons (Fsp3) is 0.333. The smallest absolute Gasteiger partial charge is 0.308 e. The molecule has 118 valence electrons. The van der Waals surface area contributed by atoms with E-state index in [1.165, 1.54) is 26.1 Å². The zero-order valence-corrected chi connectivity index (χ0v) is 11.7. The summed E-state index contributed by atoms with van der Waals surface area (Å²) in [5, 5.41) is 9.52. The van der Waals surface area contributed by atoms with Crippen LogP contribution >= 0.6 is 0 Å². The number of alkyl halides is 3. The Morgan fingerprint density at radius 1 is 1.32 bits per heavy atom. The van der Waals surface area contributed by atoms with Crippen LogP contribution in [0.25, 0.3) is 0 Å². The van der Waals surface area contributed by atoms with Gasteiger partial charge >= 0.3 is 6.18 Å². The quantitative estimate of drug-likeness (QED) is 0.914. The average molecular weight is 315 g/mol. The number of nitrogens with one attached hydrogen (secondary N) is 1. The maximum Gasteiger partial charge on any atom is 0.435 e. The highest BCUT2D eigenvalue weighted by atomic mass is 19.4. The number of nitrogens with zero attached hydrogens (tertiary/aromatic N) is 4. The Balaban J connectivity index is 2.10. The summed E-state index contributed by atoms with van der Waals surface area (Å²) in [7, 11) is 1.41. The van der Waals surface area contributed by atoms with Gasteiger partial charge in [-0.3, -0.25) is 14.3 Å². The Labute approximate surface area is 122 Å². The highest BCUT2D eigenvalue weighted by Crippen LogP contribution is 2.28. The van der Waals surface area contributed by atoms with Crippen LogP contribution in [-0.2, 0) is 24.6 Å². The fourth-order valence-corrected chi connectivity index (χ4v) is 1.70. The van der Waals surface area contributed by atoms with E-state index in [1.807, 2.05) is 0 Å². The zero-order valence-electron chi connectivity index (χ0n) is 11.7. The normalized spacial score (nSPS) is 11.5. The first-order chi connectivity index (χ1) is 10.2. The van der Waals surface area contributed by atoms with Crippen LogP contribution < -0.4 is 10.9 Å². The van der Waals surface area contributed by atoms with Gasteiger partial charge in [-0.1, -0.05) is 0 Å². The predicted molar refractivity (Wildman–Crippen MR) is 70.1 cm³/mol. The molecule has 1 N–H and O–H groups in total. The van der Waals surface area contributed by atoms with Crippen molar-refractivity contribution in [2.45, 2.75) is 19.6 Å². The second kappa shape index (κ2) is 5.62. The van der Waals surface area contributed by atoms with Crippen LogP contribution in [0.3, 0.4) is 0 Å². The van der Waals surface area contributed by atoms with E-state index in [4.69, 9.17) is 0 Å². The topological polar surface area (TPSA) is 81.8 Å². The molecule has 0 aliphatic carbocycles. The number of anilines is 1. The van der Waals surface area contributed by atoms with E-state index >= 15 is 0 Å². The molecule has 7 nitrogen and oxygen atoms in total. The first kappa shape index (κ1) is 15.7. The van der Waals surface area contributed by atoms with Crippen molar-refractivity contribution in [2.24, 2.45) is 7.05 Å². The number of rotatable bonds is 3. The van der Waals surface area contributed by atoms with Crippen molar-refractivity contribution in [3.8, 4) is 0 Å². The molecule has 0 fully saturated rings. The molecule has 0 saturated heterocycles. The number of amides is 1. The van der Waals surface area contributed by atoms with Crippen molar-refractivity contribution in [2.75, 3.05) is 5.32 Å². The fourth-order valence-electron chi connectivity index (χ4n) is 1.70. The molecule has 0 unspecified atom stereocenters. The lowest BCUT2D eigenvalue weighted by Crippen LogP contribution is -2.24. The van der Waals surface area contributed by atoms with E-state index in [9.17, 15) is 22.8 Å². The van der Waals surface area contributed by atoms with Gasteiger partial charge in [-0.05, 0) is 19.1 Å². The second-order valence-corrected chi connectivity index (χ2v) is 4.55. The summed E-state index contributed by atoms with van der Waals surface area (Å²) in [6.07, 6.45) is -4.56. The number of aromatic nitrogens is 4. The first-order valence-corrected chi connectivity index (χ1v) is 6.12. The van der Waals surface area contributed by atoms with Gasteiger partial charge in [-0.15, -0.1) is 0 Å². The largest absolute Gasteiger partial charge is 0.435 e. The van der Waals surface area contributed by atoms with Crippen molar-refractivity contribution < 1.29 is 18.0 Å². The van der Waals surface area contributed by atoms with E-state index in [0.717, 1.165) is 15.4 Å². The molecule has 0 aliphatic rings. The standard InChI is InChI=1S/C12H12F3N5O2/c1-7-5-8(12(13,14)15)17-20(7)6-10(21)16-9-3-4-11(22)19(2)18-9/h3-5H,6H2,1-2H3,(H,16,18,21). The summed E-state index contributed by atoms with van der Waals surface area (Å²) < 4.78 is 39.6. The Kier molecular flexibility index (Phi) is 4.02. The molecule has 2 heterocycles. The van der Waals surface area contributed by atoms with Gasteiger partial charge in [-0.25, -0.2) is 4.68 Å². The van der Waals surface area contributed by atoms with Crippen LogP contribution in [0.2, 0.25) is 0 Å². The molecule has 1 amide bonds. The van der Waals surface area contributed by atoms with Crippen LogP contribution in [-0.4, -0.2) is 25.5 Å². The summed E-state index contributed by atoms with van der Waals surface area (Å²) in [5.74, 6) is -0.487. The maximum atomic E-state index is 12.5. The van der Waals surface area contributed by atoms with Crippen LogP contribution in [0.15, 0.2) is 23.0 Å². The predicted octanol–water partition coefficient (Wildman–Crippen LogP) is 0.943. The van der Waals surface area contributed by atoms with E-state index in [2.05, 4.69) is 15.5 Å². The molecule has 0 radical (unpaired) electrons.